The highest BCUT2D eigenvalue weighted by atomic mass is 16.2. The lowest BCUT2D eigenvalue weighted by atomic mass is 9.85. The highest BCUT2D eigenvalue weighted by molar-refractivity contribution is 6.00. The Kier molecular flexibility index (Phi) is 3.40. The molecule has 1 aromatic heterocycles. The fourth-order valence-corrected chi connectivity index (χ4v) is 3.86. The number of carbonyl (C=O) groups is 2. The Morgan fingerprint density at radius 3 is 2.54 bits per heavy atom. The third kappa shape index (κ3) is 2.57. The first kappa shape index (κ1) is 15.2. The van der Waals surface area contributed by atoms with Crippen molar-refractivity contribution in [3.8, 4) is 0 Å². The van der Waals surface area contributed by atoms with Gasteiger partial charge in [-0.3, -0.25) is 4.79 Å². The van der Waals surface area contributed by atoms with Gasteiger partial charge in [0.25, 0.3) is 0 Å². The first-order valence-electron chi connectivity index (χ1n) is 8.49. The molecule has 24 heavy (non-hydrogen) atoms. The number of hydrogen-bond donors (Lipinski definition) is 1. The molecule has 2 fully saturated rings. The number of fused-ring (bicyclic) bond motifs is 1. The van der Waals surface area contributed by atoms with Crippen molar-refractivity contribution in [1.82, 2.24) is 14.8 Å². The Hall–Kier alpha value is -2.31. The van der Waals surface area contributed by atoms with Crippen LogP contribution in [0.3, 0.4) is 0 Å². The fraction of sp³-hybridized carbons (Fsp3) is 0.588. The van der Waals surface area contributed by atoms with E-state index in [-0.39, 0.29) is 17.4 Å². The van der Waals surface area contributed by atoms with Gasteiger partial charge < -0.3 is 20.0 Å². The summed E-state index contributed by atoms with van der Waals surface area (Å²) in [6, 6.07) is 2.12. The number of nitrogens with zero attached hydrogens (tertiary/aromatic N) is 4. The molecule has 128 valence electrons. The van der Waals surface area contributed by atoms with Crippen molar-refractivity contribution in [2.24, 2.45) is 5.41 Å². The second kappa shape index (κ2) is 5.36. The zero-order valence-corrected chi connectivity index (χ0v) is 14.2. The summed E-state index contributed by atoms with van der Waals surface area (Å²) in [7, 11) is 0. The van der Waals surface area contributed by atoms with Crippen LogP contribution < -0.4 is 10.2 Å². The predicted molar refractivity (Wildman–Crippen MR) is 91.1 cm³/mol. The molecule has 0 aliphatic carbocycles. The fourth-order valence-electron chi connectivity index (χ4n) is 3.86. The van der Waals surface area contributed by atoms with E-state index in [0.717, 1.165) is 37.4 Å². The van der Waals surface area contributed by atoms with Gasteiger partial charge in [-0.15, -0.1) is 0 Å². The number of anilines is 2. The maximum absolute atomic E-state index is 12.5. The average Bonchev–Trinajstić information content (AvgIpc) is 2.92. The summed E-state index contributed by atoms with van der Waals surface area (Å²) < 4.78 is 0. The maximum atomic E-state index is 12.5. The van der Waals surface area contributed by atoms with Crippen LogP contribution in [0.4, 0.5) is 16.3 Å². The average molecular weight is 329 g/mol. The molecule has 0 unspecified atom stereocenters. The largest absolute Gasteiger partial charge is 0.368 e. The van der Waals surface area contributed by atoms with Crippen LogP contribution in [-0.2, 0) is 11.2 Å². The molecule has 3 amide bonds. The number of urea groups is 1. The third-order valence-corrected chi connectivity index (χ3v) is 5.03. The van der Waals surface area contributed by atoms with E-state index in [4.69, 9.17) is 0 Å². The maximum Gasteiger partial charge on any atom is 0.320 e. The monoisotopic (exact) mass is 329 g/mol. The molecule has 1 N–H and O–H groups in total. The van der Waals surface area contributed by atoms with Gasteiger partial charge in [0.05, 0.1) is 6.42 Å². The van der Waals surface area contributed by atoms with Gasteiger partial charge in [0.1, 0.15) is 5.82 Å². The number of pyridine rings is 1. The number of aromatic nitrogens is 1. The van der Waals surface area contributed by atoms with Crippen LogP contribution >= 0.6 is 0 Å². The van der Waals surface area contributed by atoms with Crippen LogP contribution in [0.1, 0.15) is 19.4 Å². The molecule has 0 aromatic carbocycles. The quantitative estimate of drug-likeness (QED) is 0.839. The molecular formula is C17H23N5O2. The van der Waals surface area contributed by atoms with E-state index in [1.807, 2.05) is 15.9 Å². The predicted octanol–water partition coefficient (Wildman–Crippen LogP) is 1.16. The van der Waals surface area contributed by atoms with Crippen LogP contribution in [0.5, 0.6) is 0 Å². The Balaban J connectivity index is 1.40. The van der Waals surface area contributed by atoms with Gasteiger partial charge in [-0.05, 0) is 6.07 Å². The SMILES string of the molecule is CC1(C)CN(C(=O)N2CCN(c3ccnc4c3CC(=O)N4)CC2)C1. The minimum atomic E-state index is -0.000776. The lowest BCUT2D eigenvalue weighted by molar-refractivity contribution is -0.115. The normalized spacial score (nSPS) is 22.1. The minimum absolute atomic E-state index is 0.000776. The van der Waals surface area contributed by atoms with Gasteiger partial charge in [0.2, 0.25) is 5.91 Å². The molecule has 4 rings (SSSR count). The van der Waals surface area contributed by atoms with Gasteiger partial charge in [-0.1, -0.05) is 13.8 Å². The Labute approximate surface area is 141 Å². The van der Waals surface area contributed by atoms with E-state index < -0.39 is 0 Å². The number of hydrogen-bond acceptors (Lipinski definition) is 4. The lowest BCUT2D eigenvalue weighted by Gasteiger charge is -2.48. The highest BCUT2D eigenvalue weighted by Gasteiger charge is 2.39. The van der Waals surface area contributed by atoms with Crippen molar-refractivity contribution in [2.75, 3.05) is 49.5 Å². The number of rotatable bonds is 1. The number of likely N-dealkylation sites (tertiary alicyclic amines) is 1. The molecule has 0 saturated carbocycles. The van der Waals surface area contributed by atoms with E-state index in [2.05, 4.69) is 29.0 Å². The minimum Gasteiger partial charge on any atom is -0.368 e. The molecule has 4 heterocycles. The molecule has 0 atom stereocenters. The van der Waals surface area contributed by atoms with Crippen molar-refractivity contribution in [2.45, 2.75) is 20.3 Å². The molecule has 0 spiro atoms. The molecule has 7 heteroatoms. The summed E-state index contributed by atoms with van der Waals surface area (Å²) in [6.45, 7) is 9.07. The Morgan fingerprint density at radius 1 is 1.17 bits per heavy atom. The summed E-state index contributed by atoms with van der Waals surface area (Å²) in [5.41, 5.74) is 2.30. The number of carbonyl (C=O) groups excluding carboxylic acids is 2. The Morgan fingerprint density at radius 2 is 1.88 bits per heavy atom. The Bertz CT molecular complexity index is 686. The summed E-state index contributed by atoms with van der Waals surface area (Å²) >= 11 is 0. The summed E-state index contributed by atoms with van der Waals surface area (Å²) in [5.74, 6) is 0.679. The second-order valence-corrected chi connectivity index (χ2v) is 7.66. The van der Waals surface area contributed by atoms with Crippen LogP contribution in [-0.4, -0.2) is 66.0 Å². The van der Waals surface area contributed by atoms with Gasteiger partial charge >= 0.3 is 6.03 Å². The van der Waals surface area contributed by atoms with Crippen LogP contribution in [0.15, 0.2) is 12.3 Å². The topological polar surface area (TPSA) is 68.8 Å². The van der Waals surface area contributed by atoms with E-state index in [1.54, 1.807) is 6.20 Å². The summed E-state index contributed by atoms with van der Waals surface area (Å²) in [5, 5.41) is 2.79. The third-order valence-electron chi connectivity index (χ3n) is 5.03. The van der Waals surface area contributed by atoms with Crippen LogP contribution in [0, 0.1) is 5.41 Å². The van der Waals surface area contributed by atoms with Gasteiger partial charge in [-0.25, -0.2) is 9.78 Å². The number of nitrogens with one attached hydrogen (secondary N) is 1. The zero-order valence-electron chi connectivity index (χ0n) is 14.2. The molecule has 2 saturated heterocycles. The van der Waals surface area contributed by atoms with Crippen molar-refractivity contribution in [3.05, 3.63) is 17.8 Å². The molecule has 0 radical (unpaired) electrons. The van der Waals surface area contributed by atoms with Gasteiger partial charge in [0, 0.05) is 62.1 Å². The highest BCUT2D eigenvalue weighted by Crippen LogP contribution is 2.32. The van der Waals surface area contributed by atoms with Crippen LogP contribution in [0.25, 0.3) is 0 Å². The zero-order chi connectivity index (χ0) is 16.9. The van der Waals surface area contributed by atoms with Crippen molar-refractivity contribution >= 4 is 23.4 Å². The number of amides is 3. The first-order chi connectivity index (χ1) is 11.4. The van der Waals surface area contributed by atoms with E-state index in [1.165, 1.54) is 0 Å². The lowest BCUT2D eigenvalue weighted by Crippen LogP contribution is -2.61. The first-order valence-corrected chi connectivity index (χ1v) is 8.49. The molecule has 7 nitrogen and oxygen atoms in total. The van der Waals surface area contributed by atoms with Crippen LogP contribution in [0.2, 0.25) is 0 Å². The van der Waals surface area contributed by atoms with Crippen molar-refractivity contribution < 1.29 is 9.59 Å². The standard InChI is InChI=1S/C17H23N5O2/c1-17(2)10-22(11-17)16(24)21-7-5-20(6-8-21)13-3-4-18-15-12(13)9-14(23)19-15/h3-4H,5-11H2,1-2H3,(H,18,19,23). The van der Waals surface area contributed by atoms with E-state index >= 15 is 0 Å². The molecule has 0 bridgehead atoms. The van der Waals surface area contributed by atoms with Gasteiger partial charge in [-0.2, -0.15) is 0 Å². The van der Waals surface area contributed by atoms with Crippen molar-refractivity contribution in [3.63, 3.8) is 0 Å². The summed E-state index contributed by atoms with van der Waals surface area (Å²) in [6.07, 6.45) is 2.12. The smallest absolute Gasteiger partial charge is 0.320 e. The molecule has 3 aliphatic rings. The number of piperazine rings is 1. The van der Waals surface area contributed by atoms with E-state index in [0.29, 0.717) is 25.3 Å². The van der Waals surface area contributed by atoms with Crippen molar-refractivity contribution in [1.29, 1.82) is 0 Å². The molecular weight excluding hydrogens is 306 g/mol. The summed E-state index contributed by atoms with van der Waals surface area (Å²) in [4.78, 5) is 34.5. The second-order valence-electron chi connectivity index (χ2n) is 7.66. The van der Waals surface area contributed by atoms with Gasteiger partial charge in [0.15, 0.2) is 0 Å². The molecule has 3 aliphatic heterocycles. The molecule has 1 aromatic rings. The van der Waals surface area contributed by atoms with E-state index in [9.17, 15) is 9.59 Å².